The van der Waals surface area contributed by atoms with Gasteiger partial charge in [0.2, 0.25) is 0 Å². The van der Waals surface area contributed by atoms with Gasteiger partial charge in [-0.1, -0.05) is 0 Å². The zero-order chi connectivity index (χ0) is 28.1. The van der Waals surface area contributed by atoms with Gasteiger partial charge in [0.25, 0.3) is 11.5 Å². The zero-order valence-electron chi connectivity index (χ0n) is 22.9. The van der Waals surface area contributed by atoms with Crippen LogP contribution < -0.4 is 15.6 Å². The molecule has 10 heteroatoms. The highest BCUT2D eigenvalue weighted by molar-refractivity contribution is 6.04. The summed E-state index contributed by atoms with van der Waals surface area (Å²) in [5.74, 6) is 0.955. The molecule has 39 heavy (non-hydrogen) atoms. The van der Waals surface area contributed by atoms with E-state index in [-0.39, 0.29) is 18.0 Å². The van der Waals surface area contributed by atoms with Crippen LogP contribution >= 0.6 is 0 Å². The van der Waals surface area contributed by atoms with Crippen LogP contribution in [0.5, 0.6) is 11.5 Å². The molecule has 0 saturated heterocycles. The number of aromatic nitrogens is 5. The van der Waals surface area contributed by atoms with Gasteiger partial charge >= 0.3 is 0 Å². The summed E-state index contributed by atoms with van der Waals surface area (Å²) in [6.45, 7) is 9.91. The first-order chi connectivity index (χ1) is 18.5. The Morgan fingerprint density at radius 2 is 1.85 bits per heavy atom. The van der Waals surface area contributed by atoms with E-state index >= 15 is 0 Å². The number of aryl methyl sites for hydroxylation is 3. The molecule has 1 amide bonds. The summed E-state index contributed by atoms with van der Waals surface area (Å²) in [5, 5.41) is 19.2. The number of fused-ring (bicyclic) bond motifs is 2. The van der Waals surface area contributed by atoms with Gasteiger partial charge in [-0.15, -0.1) is 0 Å². The lowest BCUT2D eigenvalue weighted by atomic mass is 10.0. The van der Waals surface area contributed by atoms with E-state index in [1.165, 1.54) is 4.57 Å². The molecule has 0 aliphatic rings. The number of H-pyrrole nitrogens is 1. The third-order valence-corrected chi connectivity index (χ3v) is 6.58. The first kappa shape index (κ1) is 26.2. The van der Waals surface area contributed by atoms with E-state index in [0.717, 1.165) is 22.0 Å². The van der Waals surface area contributed by atoms with Crippen molar-refractivity contribution in [1.82, 2.24) is 29.6 Å². The molecule has 1 aromatic carbocycles. The lowest BCUT2D eigenvalue weighted by Gasteiger charge is -2.19. The van der Waals surface area contributed by atoms with Crippen molar-refractivity contribution in [2.24, 2.45) is 7.05 Å². The van der Waals surface area contributed by atoms with Crippen molar-refractivity contribution in [2.45, 2.75) is 46.8 Å². The fourth-order valence-electron chi connectivity index (χ4n) is 4.78. The molecule has 4 aromatic heterocycles. The first-order valence-electron chi connectivity index (χ1n) is 12.8. The molecule has 202 valence electrons. The molecule has 0 aliphatic carbocycles. The summed E-state index contributed by atoms with van der Waals surface area (Å²) >= 11 is 0. The molecule has 0 spiro atoms. The van der Waals surface area contributed by atoms with Gasteiger partial charge in [-0.25, -0.2) is 0 Å². The van der Waals surface area contributed by atoms with Crippen LogP contribution in [0.15, 0.2) is 47.8 Å². The maximum absolute atomic E-state index is 13.1. The van der Waals surface area contributed by atoms with Gasteiger partial charge < -0.3 is 24.7 Å². The van der Waals surface area contributed by atoms with Crippen LogP contribution in [0.4, 0.5) is 0 Å². The molecular weight excluding hydrogens is 496 g/mol. The molecule has 0 atom stereocenters. The molecule has 3 N–H and O–H groups in total. The minimum Gasteiger partial charge on any atom is -0.456 e. The predicted molar refractivity (Wildman–Crippen MR) is 150 cm³/mol. The zero-order valence-corrected chi connectivity index (χ0v) is 22.9. The Kier molecular flexibility index (Phi) is 6.51. The Bertz CT molecular complexity index is 1770. The van der Waals surface area contributed by atoms with Gasteiger partial charge in [0.05, 0.1) is 23.9 Å². The van der Waals surface area contributed by atoms with Crippen molar-refractivity contribution < 1.29 is 14.6 Å². The number of carbonyl (C=O) groups excluding carboxylic acids is 1. The second kappa shape index (κ2) is 9.70. The lowest BCUT2D eigenvalue weighted by molar-refractivity contribution is 0.0591. The van der Waals surface area contributed by atoms with E-state index in [1.807, 2.05) is 32.9 Å². The second-order valence-corrected chi connectivity index (χ2v) is 10.5. The third kappa shape index (κ3) is 4.90. The number of rotatable bonds is 7. The summed E-state index contributed by atoms with van der Waals surface area (Å²) in [7, 11) is 1.67. The highest BCUT2D eigenvalue weighted by atomic mass is 16.5. The number of hydrogen-bond donors (Lipinski definition) is 3. The van der Waals surface area contributed by atoms with Crippen molar-refractivity contribution in [3.63, 3.8) is 0 Å². The minimum absolute atomic E-state index is 0.249. The predicted octanol–water partition coefficient (Wildman–Crippen LogP) is 4.21. The molecule has 10 nitrogen and oxygen atoms in total. The Morgan fingerprint density at radius 3 is 2.51 bits per heavy atom. The van der Waals surface area contributed by atoms with Gasteiger partial charge in [0.1, 0.15) is 22.7 Å². The largest absolute Gasteiger partial charge is 0.456 e. The molecule has 4 heterocycles. The summed E-state index contributed by atoms with van der Waals surface area (Å²) in [6, 6.07) is 5.56. The summed E-state index contributed by atoms with van der Waals surface area (Å²) < 4.78 is 9.79. The van der Waals surface area contributed by atoms with Crippen molar-refractivity contribution in [3.8, 4) is 22.6 Å². The van der Waals surface area contributed by atoms with Crippen LogP contribution in [0.3, 0.4) is 0 Å². The standard InChI is InChI=1S/C29H32N6O4/c1-7-31-27(36)22-9-20-21(14-34(6)28(37)25(20)33-22)19-10-23-18(13-32-35(23)15-29(4,5)38)8-24(19)39-26-16(2)11-30-12-17(26)3/h8-14,33,38H,7,15H2,1-6H3,(H,31,36). The number of nitrogens with zero attached hydrogens (tertiary/aromatic N) is 4. The molecule has 0 aliphatic heterocycles. The van der Waals surface area contributed by atoms with Crippen LogP contribution in [-0.2, 0) is 13.6 Å². The number of carbonyl (C=O) groups is 1. The molecule has 0 saturated carbocycles. The molecule has 0 bridgehead atoms. The maximum atomic E-state index is 13.1. The van der Waals surface area contributed by atoms with Gasteiger partial charge in [0.15, 0.2) is 0 Å². The molecule has 0 radical (unpaired) electrons. The number of nitrogens with one attached hydrogen (secondary N) is 2. The van der Waals surface area contributed by atoms with Crippen LogP contribution in [0, 0.1) is 13.8 Å². The van der Waals surface area contributed by atoms with E-state index in [0.29, 0.717) is 45.8 Å². The molecule has 5 rings (SSSR count). The van der Waals surface area contributed by atoms with E-state index in [1.54, 1.807) is 56.4 Å². The topological polar surface area (TPSA) is 127 Å². The number of aliphatic hydroxyl groups is 1. The quantitative estimate of drug-likeness (QED) is 0.290. The summed E-state index contributed by atoms with van der Waals surface area (Å²) in [4.78, 5) is 33.0. The molecule has 0 unspecified atom stereocenters. The maximum Gasteiger partial charge on any atom is 0.274 e. The van der Waals surface area contributed by atoms with Crippen LogP contribution in [-0.4, -0.2) is 47.5 Å². The third-order valence-electron chi connectivity index (χ3n) is 6.58. The average molecular weight is 529 g/mol. The number of aromatic amines is 1. The van der Waals surface area contributed by atoms with Crippen LogP contribution in [0.2, 0.25) is 0 Å². The second-order valence-electron chi connectivity index (χ2n) is 10.5. The van der Waals surface area contributed by atoms with Crippen LogP contribution in [0.1, 0.15) is 42.4 Å². The van der Waals surface area contributed by atoms with Gasteiger partial charge in [0, 0.05) is 65.2 Å². The molecule has 0 fully saturated rings. The highest BCUT2D eigenvalue weighted by Crippen LogP contribution is 2.41. The fourth-order valence-corrected chi connectivity index (χ4v) is 4.78. The summed E-state index contributed by atoms with van der Waals surface area (Å²) in [6.07, 6.45) is 6.98. The van der Waals surface area contributed by atoms with E-state index in [2.05, 4.69) is 20.4 Å². The van der Waals surface area contributed by atoms with Crippen molar-refractivity contribution >= 4 is 27.7 Å². The Morgan fingerprint density at radius 1 is 1.13 bits per heavy atom. The Labute approximate surface area is 225 Å². The molecule has 5 aromatic rings. The summed E-state index contributed by atoms with van der Waals surface area (Å²) in [5.41, 5.74) is 3.36. The van der Waals surface area contributed by atoms with Crippen molar-refractivity contribution in [1.29, 1.82) is 0 Å². The van der Waals surface area contributed by atoms with Crippen molar-refractivity contribution in [2.75, 3.05) is 6.54 Å². The van der Waals surface area contributed by atoms with Crippen LogP contribution in [0.25, 0.3) is 32.9 Å². The lowest BCUT2D eigenvalue weighted by Crippen LogP contribution is -2.26. The smallest absolute Gasteiger partial charge is 0.274 e. The average Bonchev–Trinajstić information content (AvgIpc) is 3.47. The van der Waals surface area contributed by atoms with E-state index < -0.39 is 5.60 Å². The minimum atomic E-state index is -0.981. The normalized spacial score (nSPS) is 11.9. The fraction of sp³-hybridized carbons (Fsp3) is 0.310. The number of benzene rings is 1. The number of ether oxygens (including phenoxy) is 1. The Balaban J connectivity index is 1.80. The monoisotopic (exact) mass is 528 g/mol. The highest BCUT2D eigenvalue weighted by Gasteiger charge is 2.22. The van der Waals surface area contributed by atoms with Gasteiger partial charge in [-0.3, -0.25) is 19.3 Å². The first-order valence-corrected chi connectivity index (χ1v) is 12.8. The number of hydrogen-bond acceptors (Lipinski definition) is 6. The number of pyridine rings is 2. The van der Waals surface area contributed by atoms with E-state index in [9.17, 15) is 14.7 Å². The van der Waals surface area contributed by atoms with Gasteiger partial charge in [-0.2, -0.15) is 5.10 Å². The van der Waals surface area contributed by atoms with Gasteiger partial charge in [-0.05, 0) is 52.8 Å². The number of amides is 1. The molecular formula is C29H32N6O4. The SMILES string of the molecule is CCNC(=O)c1cc2c(-c3cc4c(cnn4CC(C)(C)O)cc3Oc3c(C)cncc3C)cn(C)c(=O)c2[nH]1. The Hall–Kier alpha value is -4.44. The van der Waals surface area contributed by atoms with E-state index in [4.69, 9.17) is 4.74 Å². The van der Waals surface area contributed by atoms with Crippen molar-refractivity contribution in [3.05, 3.63) is 70.2 Å².